The molecule has 2 aliphatic rings. The van der Waals surface area contributed by atoms with Crippen molar-refractivity contribution >= 4 is 44.7 Å². The number of hydrogen-bond acceptors (Lipinski definition) is 8. The predicted molar refractivity (Wildman–Crippen MR) is 230 cm³/mol. The lowest BCUT2D eigenvalue weighted by molar-refractivity contribution is -0.137. The van der Waals surface area contributed by atoms with E-state index in [4.69, 9.17) is 4.74 Å². The van der Waals surface area contributed by atoms with E-state index in [9.17, 15) is 40.8 Å². The molecule has 1 aromatic heterocycles. The molecule has 0 radical (unpaired) electrons. The molecule has 14 nitrogen and oxygen atoms in total. The van der Waals surface area contributed by atoms with Gasteiger partial charge in [0.15, 0.2) is 0 Å². The van der Waals surface area contributed by atoms with Crippen molar-refractivity contribution in [2.75, 3.05) is 26.0 Å². The van der Waals surface area contributed by atoms with Crippen LogP contribution in [-0.2, 0) is 36.9 Å². The number of benzene rings is 3. The van der Waals surface area contributed by atoms with Crippen molar-refractivity contribution < 1.29 is 40.7 Å². The molecule has 0 aliphatic heterocycles. The van der Waals surface area contributed by atoms with E-state index in [1.165, 1.54) is 18.2 Å². The van der Waals surface area contributed by atoms with Gasteiger partial charge in [0.1, 0.15) is 11.6 Å². The van der Waals surface area contributed by atoms with Gasteiger partial charge in [-0.1, -0.05) is 30.3 Å². The van der Waals surface area contributed by atoms with E-state index < -0.39 is 61.9 Å². The minimum Gasteiger partial charge on any atom is -0.444 e. The zero-order chi connectivity index (χ0) is 45.0. The van der Waals surface area contributed by atoms with Crippen molar-refractivity contribution in [2.45, 2.75) is 113 Å². The summed E-state index contributed by atoms with van der Waals surface area (Å²) in [5.41, 5.74) is -0.286. The Balaban J connectivity index is 1.16. The lowest BCUT2D eigenvalue weighted by atomic mass is 9.81. The third-order valence-electron chi connectivity index (χ3n) is 11.6. The number of hydrogen-bond donors (Lipinski definition) is 6. The average Bonchev–Trinajstić information content (AvgIpc) is 3.58. The number of aromatic nitrogens is 2. The van der Waals surface area contributed by atoms with Gasteiger partial charge >= 0.3 is 18.0 Å². The van der Waals surface area contributed by atoms with Crippen LogP contribution in [0.1, 0.15) is 83.3 Å². The molecule has 1 unspecified atom stereocenters. The summed E-state index contributed by atoms with van der Waals surface area (Å²) in [6, 6.07) is 12.7. The first-order chi connectivity index (χ1) is 29.1. The van der Waals surface area contributed by atoms with E-state index in [1.807, 2.05) is 14.1 Å². The SMILES string of the molecule is CN(C)C1CCC(NS(=O)(=O)c2ccc(-c3ccc(CC(NC(=O)[C@H]4CC[C@H](CNC(=O)OC(C)(C)C)CC4)C(=O)Nc4ccc5[nH]c(=O)[nH]c5c4)cc3)c(C(F)(F)F)c2)CC1. The Labute approximate surface area is 359 Å². The Bertz CT molecular complexity index is 2390. The van der Waals surface area contributed by atoms with Crippen LogP contribution >= 0.6 is 0 Å². The standard InChI is InChI=1S/C44H56F3N7O7S/c1-43(2,3)61-42(58)48-25-27-8-12-29(13-9-27)39(55)50-38(40(56)49-31-16-21-36-37(23-31)52-41(57)51-36)22-26-6-10-28(11-7-26)34-20-19-33(24-35(34)44(45,46)47)62(59,60)53-30-14-17-32(18-15-30)54(4)5/h6-7,10-11,16,19-21,23-24,27,29-30,32,38,53H,8-9,12-15,17-18,22,25H2,1-5H3,(H,48,58)(H,49,56)(H,50,55)(H2,51,52,57)/t27-,29-,30?,32?,38?. The normalized spacial score (nSPS) is 20.4. The van der Waals surface area contributed by atoms with Gasteiger partial charge in [0.25, 0.3) is 0 Å². The highest BCUT2D eigenvalue weighted by atomic mass is 32.2. The van der Waals surface area contributed by atoms with Gasteiger partial charge in [0.2, 0.25) is 21.8 Å². The van der Waals surface area contributed by atoms with E-state index in [1.54, 1.807) is 51.1 Å². The van der Waals surface area contributed by atoms with Crippen molar-refractivity contribution in [1.82, 2.24) is 30.2 Å². The van der Waals surface area contributed by atoms with E-state index in [2.05, 4.69) is 35.5 Å². The third-order valence-corrected chi connectivity index (χ3v) is 13.1. The maximum Gasteiger partial charge on any atom is 0.417 e. The van der Waals surface area contributed by atoms with Gasteiger partial charge in [-0.2, -0.15) is 13.2 Å². The minimum absolute atomic E-state index is 0.0122. The number of amides is 3. The van der Waals surface area contributed by atoms with Gasteiger partial charge < -0.3 is 35.6 Å². The fourth-order valence-corrected chi connectivity index (χ4v) is 9.57. The number of nitrogens with one attached hydrogen (secondary N) is 6. The van der Waals surface area contributed by atoms with Gasteiger partial charge in [-0.3, -0.25) is 9.59 Å². The van der Waals surface area contributed by atoms with Crippen LogP contribution in [-0.4, -0.2) is 85.6 Å². The molecular formula is C44H56F3N7O7S. The summed E-state index contributed by atoms with van der Waals surface area (Å²) in [5, 5.41) is 8.50. The van der Waals surface area contributed by atoms with Crippen LogP contribution in [0.5, 0.6) is 0 Å². The first-order valence-electron chi connectivity index (χ1n) is 20.9. The molecule has 6 rings (SSSR count). The Morgan fingerprint density at radius 1 is 0.855 bits per heavy atom. The van der Waals surface area contributed by atoms with Crippen molar-refractivity contribution in [3.05, 3.63) is 82.3 Å². The molecule has 3 aromatic carbocycles. The highest BCUT2D eigenvalue weighted by molar-refractivity contribution is 7.89. The molecule has 0 spiro atoms. The quantitative estimate of drug-likeness (QED) is 0.0855. The van der Waals surface area contributed by atoms with Crippen LogP contribution in [0.25, 0.3) is 22.2 Å². The maximum atomic E-state index is 14.6. The summed E-state index contributed by atoms with van der Waals surface area (Å²) in [6.45, 7) is 5.75. The van der Waals surface area contributed by atoms with Gasteiger partial charge in [-0.25, -0.2) is 22.7 Å². The van der Waals surface area contributed by atoms with Crippen LogP contribution in [0.4, 0.5) is 23.7 Å². The topological polar surface area (TPSA) is 195 Å². The van der Waals surface area contributed by atoms with Crippen LogP contribution < -0.4 is 26.4 Å². The van der Waals surface area contributed by atoms with Crippen LogP contribution in [0.2, 0.25) is 0 Å². The number of anilines is 1. The average molecular weight is 884 g/mol. The fraction of sp³-hybridized carbons (Fsp3) is 0.500. The minimum atomic E-state index is -4.87. The number of aromatic amines is 2. The van der Waals surface area contributed by atoms with Gasteiger partial charge in [0.05, 0.1) is 21.5 Å². The lowest BCUT2D eigenvalue weighted by Crippen LogP contribution is -2.48. The molecule has 2 fully saturated rings. The number of imidazole rings is 1. The van der Waals surface area contributed by atoms with Gasteiger partial charge in [0, 0.05) is 36.7 Å². The van der Waals surface area contributed by atoms with Crippen molar-refractivity contribution in [3.63, 3.8) is 0 Å². The lowest BCUT2D eigenvalue weighted by Gasteiger charge is -2.32. The van der Waals surface area contributed by atoms with E-state index in [0.717, 1.165) is 18.9 Å². The summed E-state index contributed by atoms with van der Waals surface area (Å²) >= 11 is 0. The highest BCUT2D eigenvalue weighted by Crippen LogP contribution is 2.39. The van der Waals surface area contributed by atoms with Crippen molar-refractivity contribution in [1.29, 1.82) is 0 Å². The highest BCUT2D eigenvalue weighted by Gasteiger charge is 2.36. The fourth-order valence-electron chi connectivity index (χ4n) is 8.24. The zero-order valence-corrected chi connectivity index (χ0v) is 36.4. The second-order valence-electron chi connectivity index (χ2n) is 17.7. The number of ether oxygens (including phenoxy) is 1. The maximum absolute atomic E-state index is 14.6. The second kappa shape index (κ2) is 19.0. The Kier molecular flexibility index (Phi) is 14.2. The molecule has 62 heavy (non-hydrogen) atoms. The second-order valence-corrected chi connectivity index (χ2v) is 19.4. The van der Waals surface area contributed by atoms with E-state index in [-0.39, 0.29) is 35.4 Å². The summed E-state index contributed by atoms with van der Waals surface area (Å²) in [5.74, 6) is -1.13. The third kappa shape index (κ3) is 12.2. The number of carbonyl (C=O) groups is 3. The molecule has 0 saturated heterocycles. The summed E-state index contributed by atoms with van der Waals surface area (Å²) in [6.07, 6.45) is -0.299. The van der Waals surface area contributed by atoms with Crippen LogP contribution in [0.3, 0.4) is 0 Å². The van der Waals surface area contributed by atoms with Crippen LogP contribution in [0, 0.1) is 11.8 Å². The Morgan fingerprint density at radius 3 is 2.15 bits per heavy atom. The van der Waals surface area contributed by atoms with Crippen LogP contribution in [0.15, 0.2) is 70.4 Å². The smallest absolute Gasteiger partial charge is 0.417 e. The van der Waals surface area contributed by atoms with E-state index in [0.29, 0.717) is 79.5 Å². The van der Waals surface area contributed by atoms with Crippen molar-refractivity contribution in [2.24, 2.45) is 11.8 Å². The molecular weight excluding hydrogens is 828 g/mol. The largest absolute Gasteiger partial charge is 0.444 e. The Hall–Kier alpha value is -5.20. The summed E-state index contributed by atoms with van der Waals surface area (Å²) in [4.78, 5) is 58.4. The Morgan fingerprint density at radius 2 is 1.52 bits per heavy atom. The molecule has 18 heteroatoms. The number of sulfonamides is 1. The summed E-state index contributed by atoms with van der Waals surface area (Å²) < 4.78 is 78.2. The number of alkyl carbamates (subject to hydrolysis) is 1. The molecule has 6 N–H and O–H groups in total. The van der Waals surface area contributed by atoms with Gasteiger partial charge in [-0.15, -0.1) is 0 Å². The van der Waals surface area contributed by atoms with Gasteiger partial charge in [-0.05, 0) is 139 Å². The summed E-state index contributed by atoms with van der Waals surface area (Å²) in [7, 11) is -0.322. The first-order valence-corrected chi connectivity index (χ1v) is 22.4. The number of nitrogens with zero attached hydrogens (tertiary/aromatic N) is 1. The molecule has 2 aliphatic carbocycles. The zero-order valence-electron chi connectivity index (χ0n) is 35.6. The van der Waals surface area contributed by atoms with Crippen molar-refractivity contribution in [3.8, 4) is 11.1 Å². The van der Waals surface area contributed by atoms with E-state index >= 15 is 0 Å². The first kappa shape index (κ1) is 46.3. The molecule has 0 bridgehead atoms. The number of alkyl halides is 3. The molecule has 3 amide bonds. The molecule has 336 valence electrons. The number of fused-ring (bicyclic) bond motifs is 1. The number of carbonyl (C=O) groups excluding carboxylic acids is 3. The number of rotatable bonds is 13. The number of halogens is 3. The molecule has 4 aromatic rings. The number of H-pyrrole nitrogens is 2. The molecule has 2 saturated carbocycles. The monoisotopic (exact) mass is 883 g/mol. The molecule has 1 heterocycles. The molecule has 1 atom stereocenters. The predicted octanol–water partition coefficient (Wildman–Crippen LogP) is 6.69.